The number of rotatable bonds is 0. The molecule has 1 aromatic rings. The zero-order chi connectivity index (χ0) is 9.42. The average molecular weight is 180 g/mol. The monoisotopic (exact) mass is 180 g/mol. The van der Waals surface area contributed by atoms with Crippen molar-refractivity contribution in [2.45, 2.75) is 26.2 Å². The second-order valence-corrected chi connectivity index (χ2v) is 3.80. The maximum absolute atomic E-state index is 11.7. The summed E-state index contributed by atoms with van der Waals surface area (Å²) in [6.07, 6.45) is 0.913. The Hall–Kier alpha value is -0.643. The van der Waals surface area contributed by atoms with E-state index >= 15 is 0 Å². The quantitative estimate of drug-likeness (QED) is 0.484. The Morgan fingerprint density at radius 1 is 1.29 bits per heavy atom. The van der Waals surface area contributed by atoms with E-state index in [1.54, 1.807) is 0 Å². The zero-order valence-electron chi connectivity index (χ0n) is 9.00. The van der Waals surface area contributed by atoms with Crippen molar-refractivity contribution in [2.75, 3.05) is 0 Å². The molecule has 0 saturated carbocycles. The van der Waals surface area contributed by atoms with Gasteiger partial charge in [-0.15, -0.1) is 5.76 Å². The fourth-order valence-corrected chi connectivity index (χ4v) is 2.03. The molecule has 0 aromatic heterocycles. The predicted molar refractivity (Wildman–Crippen MR) is 52.1 cm³/mol. The summed E-state index contributed by atoms with van der Waals surface area (Å²) in [5, 5.41) is 11.7. The third-order valence-corrected chi connectivity index (χ3v) is 2.74. The van der Waals surface area contributed by atoms with Crippen molar-refractivity contribution in [1.82, 2.24) is 0 Å². The van der Waals surface area contributed by atoms with E-state index in [0.717, 1.165) is 17.6 Å². The summed E-state index contributed by atoms with van der Waals surface area (Å²) >= 11 is 0. The Morgan fingerprint density at radius 3 is 2.64 bits per heavy atom. The van der Waals surface area contributed by atoms with Crippen LogP contribution in [0.25, 0.3) is 5.76 Å². The van der Waals surface area contributed by atoms with Crippen LogP contribution < -0.4 is 24.0 Å². The molecule has 14 heavy (non-hydrogen) atoms. The van der Waals surface area contributed by atoms with Crippen LogP contribution in [0.15, 0.2) is 29.8 Å². The first-order chi connectivity index (χ1) is 6.20. The van der Waals surface area contributed by atoms with Gasteiger partial charge in [0, 0.05) is 0 Å². The molecule has 0 N–H and O–H groups in total. The van der Waals surface area contributed by atoms with E-state index < -0.39 is 0 Å². The average Bonchev–Trinajstić information content (AvgIpc) is 2.15. The van der Waals surface area contributed by atoms with Crippen molar-refractivity contribution >= 4 is 5.76 Å². The molecule has 1 aliphatic carbocycles. The van der Waals surface area contributed by atoms with Gasteiger partial charge in [-0.25, -0.2) is 0 Å². The van der Waals surface area contributed by atoms with Crippen LogP contribution >= 0.6 is 0 Å². The Morgan fingerprint density at radius 2 is 1.93 bits per heavy atom. The van der Waals surface area contributed by atoms with E-state index in [1.165, 1.54) is 5.56 Å². The number of allylic oxidation sites excluding steroid dienone is 1. The number of fused-ring (bicyclic) bond motifs is 1. The molecule has 0 aliphatic heterocycles. The second-order valence-electron chi connectivity index (χ2n) is 3.80. The molecule has 68 valence electrons. The molecule has 1 nitrogen and oxygen atoms in total. The van der Waals surface area contributed by atoms with Crippen molar-refractivity contribution in [3.05, 3.63) is 41.0 Å². The maximum atomic E-state index is 11.7. The van der Waals surface area contributed by atoms with Gasteiger partial charge in [0.15, 0.2) is 0 Å². The Labute approximate surface area is 97.0 Å². The van der Waals surface area contributed by atoms with Crippen LogP contribution in [0.2, 0.25) is 0 Å². The molecule has 1 aliphatic rings. The van der Waals surface area contributed by atoms with Crippen LogP contribution in [-0.4, -0.2) is 0 Å². The first-order valence-corrected chi connectivity index (χ1v) is 4.66. The van der Waals surface area contributed by atoms with Crippen LogP contribution in [0.4, 0.5) is 0 Å². The molecule has 0 radical (unpaired) electrons. The minimum absolute atomic E-state index is 0. The number of hydrogen-bond donors (Lipinski definition) is 0. The molecule has 1 aromatic carbocycles. The molecule has 0 bridgehead atoms. The molecule has 0 spiro atoms. The summed E-state index contributed by atoms with van der Waals surface area (Å²) in [6, 6.07) is 7.92. The largest absolute Gasteiger partial charge is 1.00 e. The van der Waals surface area contributed by atoms with Crippen LogP contribution in [0, 0.1) is 0 Å². The van der Waals surface area contributed by atoms with Gasteiger partial charge in [0.05, 0.1) is 0 Å². The van der Waals surface area contributed by atoms with E-state index in [4.69, 9.17) is 0 Å². The van der Waals surface area contributed by atoms with Gasteiger partial charge < -0.3 is 5.11 Å². The van der Waals surface area contributed by atoms with Gasteiger partial charge in [-0.2, -0.15) is 0 Å². The summed E-state index contributed by atoms with van der Waals surface area (Å²) in [5.74, 6) is 0.725. The number of hydrogen-bond acceptors (Lipinski definition) is 1. The van der Waals surface area contributed by atoms with Crippen LogP contribution in [0.5, 0.6) is 0 Å². The summed E-state index contributed by atoms with van der Waals surface area (Å²) in [6.45, 7) is 4.11. The van der Waals surface area contributed by atoms with E-state index in [1.807, 2.05) is 25.1 Å². The van der Waals surface area contributed by atoms with E-state index in [2.05, 4.69) is 13.0 Å². The normalized spacial score (nSPS) is 20.0. The fourth-order valence-electron chi connectivity index (χ4n) is 2.03. The third kappa shape index (κ3) is 1.75. The van der Waals surface area contributed by atoms with Crippen LogP contribution in [-0.2, 0) is 0 Å². The standard InChI is InChI=1S/C12H14O.Li/c1-8-7-9(2)12(13)11-6-4-3-5-10(8)11;/h3-6,8,13H,7H2,1-2H3;/q;+1/p-1. The van der Waals surface area contributed by atoms with Gasteiger partial charge >= 0.3 is 18.9 Å². The molecular formula is C12H13LiO. The van der Waals surface area contributed by atoms with Crippen molar-refractivity contribution in [3.8, 4) is 0 Å². The molecular weight excluding hydrogens is 167 g/mol. The molecule has 0 heterocycles. The Balaban J connectivity index is 0.000000980. The summed E-state index contributed by atoms with van der Waals surface area (Å²) in [7, 11) is 0. The first kappa shape index (κ1) is 11.4. The van der Waals surface area contributed by atoms with Gasteiger partial charge in [0.25, 0.3) is 0 Å². The van der Waals surface area contributed by atoms with Gasteiger partial charge in [0.2, 0.25) is 0 Å². The molecule has 0 saturated heterocycles. The number of benzene rings is 1. The summed E-state index contributed by atoms with van der Waals surface area (Å²) in [5.41, 5.74) is 3.10. The molecule has 1 atom stereocenters. The summed E-state index contributed by atoms with van der Waals surface area (Å²) < 4.78 is 0. The minimum atomic E-state index is 0. The van der Waals surface area contributed by atoms with Crippen molar-refractivity contribution in [3.63, 3.8) is 0 Å². The van der Waals surface area contributed by atoms with Gasteiger partial charge in [-0.05, 0) is 30.4 Å². The Kier molecular flexibility index (Phi) is 3.47. The van der Waals surface area contributed by atoms with E-state index in [9.17, 15) is 5.11 Å². The van der Waals surface area contributed by atoms with Gasteiger partial charge in [-0.1, -0.05) is 36.8 Å². The van der Waals surface area contributed by atoms with Crippen molar-refractivity contribution in [1.29, 1.82) is 0 Å². The minimum Gasteiger partial charge on any atom is -0.872 e. The summed E-state index contributed by atoms with van der Waals surface area (Å²) in [4.78, 5) is 0. The SMILES string of the molecule is CC1=C([O-])c2ccccc2C(C)C1.[Li+]. The zero-order valence-corrected chi connectivity index (χ0v) is 9.00. The smallest absolute Gasteiger partial charge is 0.872 e. The second kappa shape index (κ2) is 4.25. The molecule has 0 amide bonds. The Bertz CT molecular complexity index is 368. The van der Waals surface area contributed by atoms with Crippen LogP contribution in [0.3, 0.4) is 0 Å². The maximum Gasteiger partial charge on any atom is 1.00 e. The molecule has 0 fully saturated rings. The third-order valence-electron chi connectivity index (χ3n) is 2.74. The van der Waals surface area contributed by atoms with Crippen molar-refractivity contribution < 1.29 is 24.0 Å². The fraction of sp³-hybridized carbons (Fsp3) is 0.333. The first-order valence-electron chi connectivity index (χ1n) is 4.66. The van der Waals surface area contributed by atoms with E-state index in [0.29, 0.717) is 5.92 Å². The molecule has 2 heteroatoms. The topological polar surface area (TPSA) is 23.1 Å². The molecule has 1 unspecified atom stereocenters. The van der Waals surface area contributed by atoms with Gasteiger partial charge in [-0.3, -0.25) is 0 Å². The van der Waals surface area contributed by atoms with Gasteiger partial charge in [0.1, 0.15) is 0 Å². The van der Waals surface area contributed by atoms with E-state index in [-0.39, 0.29) is 24.6 Å². The predicted octanol–water partition coefficient (Wildman–Crippen LogP) is -0.711. The van der Waals surface area contributed by atoms with Crippen LogP contribution in [0.1, 0.15) is 37.3 Å². The molecule has 2 rings (SSSR count). The van der Waals surface area contributed by atoms with Crippen molar-refractivity contribution in [2.24, 2.45) is 0 Å².